The van der Waals surface area contributed by atoms with Crippen LogP contribution in [0.1, 0.15) is 65.6 Å². The molecule has 35 heavy (non-hydrogen) atoms. The maximum Gasteiger partial charge on any atom is 0.256 e. The number of amides is 1. The molecule has 2 aromatic carbocycles. The fourth-order valence-electron chi connectivity index (χ4n) is 5.15. The first-order valence-electron chi connectivity index (χ1n) is 12.9. The number of unbranched alkanes of at least 4 members (excludes halogenated alkanes) is 1. The molecular weight excluding hydrogens is 438 g/mol. The summed E-state index contributed by atoms with van der Waals surface area (Å²) < 4.78 is 13.6. The molecule has 0 spiro atoms. The fraction of sp³-hybridized carbons (Fsp3) is 0.483. The van der Waals surface area contributed by atoms with Gasteiger partial charge in [-0.05, 0) is 54.9 Å². The predicted octanol–water partition coefficient (Wildman–Crippen LogP) is 5.25. The summed E-state index contributed by atoms with van der Waals surface area (Å²) in [7, 11) is 1.71. The summed E-state index contributed by atoms with van der Waals surface area (Å²) in [6, 6.07) is 12.5. The molecule has 0 unspecified atom stereocenters. The molecule has 6 nitrogen and oxygen atoms in total. The Hall–Kier alpha value is -2.83. The molecule has 0 bridgehead atoms. The quantitative estimate of drug-likeness (QED) is 0.405. The number of nitrogens with two attached hydrogens (primary N) is 1. The number of piperidine rings is 1. The highest BCUT2D eigenvalue weighted by molar-refractivity contribution is 6.07. The monoisotopic (exact) mass is 477 g/mol. The van der Waals surface area contributed by atoms with Crippen molar-refractivity contribution in [2.24, 2.45) is 5.73 Å². The SMILES string of the molecule is CCCCOc1ccc(CN)cc1C1CCN(C(=O)c2cn(CCOC)c3c(C)cccc23)CC1. The topological polar surface area (TPSA) is 69.7 Å². The van der Waals surface area contributed by atoms with Gasteiger partial charge >= 0.3 is 0 Å². The van der Waals surface area contributed by atoms with Crippen LogP contribution in [0.3, 0.4) is 0 Å². The molecule has 1 aromatic heterocycles. The van der Waals surface area contributed by atoms with Gasteiger partial charge in [-0.15, -0.1) is 0 Å². The van der Waals surface area contributed by atoms with E-state index in [9.17, 15) is 4.79 Å². The van der Waals surface area contributed by atoms with Crippen LogP contribution in [0.25, 0.3) is 10.9 Å². The Morgan fingerprint density at radius 2 is 1.94 bits per heavy atom. The Labute approximate surface area is 209 Å². The number of ether oxygens (including phenoxy) is 2. The molecule has 3 aromatic rings. The van der Waals surface area contributed by atoms with Crippen LogP contribution in [0.5, 0.6) is 5.75 Å². The lowest BCUT2D eigenvalue weighted by Gasteiger charge is -2.33. The van der Waals surface area contributed by atoms with Crippen molar-refractivity contribution < 1.29 is 14.3 Å². The van der Waals surface area contributed by atoms with Crippen LogP contribution in [0, 0.1) is 6.92 Å². The van der Waals surface area contributed by atoms with Gasteiger partial charge in [0.2, 0.25) is 0 Å². The molecule has 1 amide bonds. The van der Waals surface area contributed by atoms with Gasteiger partial charge in [-0.25, -0.2) is 0 Å². The zero-order valence-electron chi connectivity index (χ0n) is 21.4. The van der Waals surface area contributed by atoms with Crippen LogP contribution in [0.15, 0.2) is 42.6 Å². The van der Waals surface area contributed by atoms with Gasteiger partial charge in [-0.2, -0.15) is 0 Å². The van der Waals surface area contributed by atoms with Crippen molar-refractivity contribution in [3.05, 3.63) is 64.8 Å². The van der Waals surface area contributed by atoms with Gasteiger partial charge in [-0.1, -0.05) is 43.7 Å². The van der Waals surface area contributed by atoms with E-state index in [1.54, 1.807) is 7.11 Å². The van der Waals surface area contributed by atoms with E-state index in [-0.39, 0.29) is 5.91 Å². The van der Waals surface area contributed by atoms with Crippen LogP contribution in [-0.2, 0) is 17.8 Å². The van der Waals surface area contributed by atoms with Crippen molar-refractivity contribution in [2.45, 2.75) is 58.5 Å². The molecule has 4 rings (SSSR count). The molecule has 0 atom stereocenters. The van der Waals surface area contributed by atoms with Crippen LogP contribution in [-0.4, -0.2) is 48.8 Å². The summed E-state index contributed by atoms with van der Waals surface area (Å²) in [6.07, 6.45) is 6.01. The minimum absolute atomic E-state index is 0.116. The average Bonchev–Trinajstić information content (AvgIpc) is 3.27. The van der Waals surface area contributed by atoms with Gasteiger partial charge < -0.3 is 24.7 Å². The smallest absolute Gasteiger partial charge is 0.256 e. The number of fused-ring (bicyclic) bond motifs is 1. The second kappa shape index (κ2) is 11.7. The first-order valence-corrected chi connectivity index (χ1v) is 12.9. The highest BCUT2D eigenvalue weighted by Crippen LogP contribution is 2.36. The highest BCUT2D eigenvalue weighted by atomic mass is 16.5. The highest BCUT2D eigenvalue weighted by Gasteiger charge is 2.28. The number of likely N-dealkylation sites (tertiary alicyclic amines) is 1. The summed E-state index contributed by atoms with van der Waals surface area (Å²) in [5, 5.41) is 1.02. The van der Waals surface area contributed by atoms with Gasteiger partial charge in [0.15, 0.2) is 0 Å². The number of carbonyl (C=O) groups excluding carboxylic acids is 1. The number of para-hydroxylation sites is 1. The van der Waals surface area contributed by atoms with Crippen LogP contribution < -0.4 is 10.5 Å². The molecule has 1 saturated heterocycles. The third-order valence-electron chi connectivity index (χ3n) is 7.15. The van der Waals surface area contributed by atoms with E-state index >= 15 is 0 Å². The number of aromatic nitrogens is 1. The molecular formula is C29H39N3O3. The Balaban J connectivity index is 1.51. The number of carbonyl (C=O) groups is 1. The zero-order chi connectivity index (χ0) is 24.8. The van der Waals surface area contributed by atoms with Crippen molar-refractivity contribution in [1.29, 1.82) is 0 Å². The van der Waals surface area contributed by atoms with Gasteiger partial charge in [0.05, 0.1) is 24.3 Å². The van der Waals surface area contributed by atoms with Crippen molar-refractivity contribution in [3.8, 4) is 5.75 Å². The maximum absolute atomic E-state index is 13.6. The lowest BCUT2D eigenvalue weighted by Crippen LogP contribution is -2.38. The third kappa shape index (κ3) is 5.54. The second-order valence-corrected chi connectivity index (χ2v) is 9.54. The summed E-state index contributed by atoms with van der Waals surface area (Å²) >= 11 is 0. The first kappa shape index (κ1) is 25.3. The molecule has 188 valence electrons. The van der Waals surface area contributed by atoms with E-state index in [2.05, 4.69) is 48.7 Å². The predicted molar refractivity (Wildman–Crippen MR) is 141 cm³/mol. The van der Waals surface area contributed by atoms with E-state index in [1.165, 1.54) is 11.1 Å². The average molecular weight is 478 g/mol. The molecule has 2 heterocycles. The van der Waals surface area contributed by atoms with Gasteiger partial charge in [0.25, 0.3) is 5.91 Å². The minimum atomic E-state index is 0.116. The fourth-order valence-corrected chi connectivity index (χ4v) is 5.15. The second-order valence-electron chi connectivity index (χ2n) is 9.54. The van der Waals surface area contributed by atoms with Gasteiger partial charge in [-0.3, -0.25) is 4.79 Å². The van der Waals surface area contributed by atoms with E-state index < -0.39 is 0 Å². The van der Waals surface area contributed by atoms with Crippen molar-refractivity contribution >= 4 is 16.8 Å². The maximum atomic E-state index is 13.6. The van der Waals surface area contributed by atoms with Crippen LogP contribution in [0.4, 0.5) is 0 Å². The number of hydrogen-bond donors (Lipinski definition) is 1. The van der Waals surface area contributed by atoms with E-state index in [4.69, 9.17) is 15.2 Å². The molecule has 0 saturated carbocycles. The molecule has 0 radical (unpaired) electrons. The van der Waals surface area contributed by atoms with Crippen LogP contribution in [0.2, 0.25) is 0 Å². The minimum Gasteiger partial charge on any atom is -0.493 e. The number of nitrogens with zero attached hydrogens (tertiary/aromatic N) is 2. The lowest BCUT2D eigenvalue weighted by molar-refractivity contribution is 0.0714. The molecule has 6 heteroatoms. The van der Waals surface area contributed by atoms with E-state index in [0.29, 0.717) is 19.1 Å². The molecule has 1 aliphatic heterocycles. The van der Waals surface area contributed by atoms with Crippen molar-refractivity contribution in [3.63, 3.8) is 0 Å². The number of hydrogen-bond acceptors (Lipinski definition) is 4. The normalized spacial score (nSPS) is 14.6. The lowest BCUT2D eigenvalue weighted by atomic mass is 9.87. The van der Waals surface area contributed by atoms with Gasteiger partial charge in [0, 0.05) is 44.9 Å². The van der Waals surface area contributed by atoms with Crippen molar-refractivity contribution in [2.75, 3.05) is 33.4 Å². The first-order chi connectivity index (χ1) is 17.1. The summed E-state index contributed by atoms with van der Waals surface area (Å²) in [6.45, 7) is 8.34. The van der Waals surface area contributed by atoms with Crippen LogP contribution >= 0.6 is 0 Å². The standard InChI is InChI=1S/C29H39N3O3/c1-4-5-16-35-27-10-9-22(19-30)18-25(27)23-11-13-31(14-12-23)29(33)26-20-32(15-17-34-3)28-21(2)7-6-8-24(26)28/h6-10,18,20,23H,4-5,11-17,19,30H2,1-3H3. The summed E-state index contributed by atoms with van der Waals surface area (Å²) in [4.78, 5) is 15.6. The summed E-state index contributed by atoms with van der Waals surface area (Å²) in [5.41, 5.74) is 11.4. The van der Waals surface area contributed by atoms with Gasteiger partial charge in [0.1, 0.15) is 5.75 Å². The number of aryl methyl sites for hydroxylation is 1. The zero-order valence-corrected chi connectivity index (χ0v) is 21.4. The number of benzene rings is 2. The molecule has 1 fully saturated rings. The Morgan fingerprint density at radius 1 is 1.14 bits per heavy atom. The number of rotatable bonds is 10. The Kier molecular flexibility index (Phi) is 8.47. The summed E-state index contributed by atoms with van der Waals surface area (Å²) in [5.74, 6) is 1.45. The largest absolute Gasteiger partial charge is 0.493 e. The Bertz CT molecular complexity index is 1150. The molecule has 0 aliphatic carbocycles. The molecule has 2 N–H and O–H groups in total. The van der Waals surface area contributed by atoms with E-state index in [1.807, 2.05) is 17.2 Å². The Morgan fingerprint density at radius 3 is 2.66 bits per heavy atom. The third-order valence-corrected chi connectivity index (χ3v) is 7.15. The van der Waals surface area contributed by atoms with E-state index in [0.717, 1.165) is 79.7 Å². The number of methoxy groups -OCH3 is 1. The van der Waals surface area contributed by atoms with Crippen molar-refractivity contribution in [1.82, 2.24) is 9.47 Å². The molecule has 1 aliphatic rings.